The maximum absolute atomic E-state index is 12.2. The summed E-state index contributed by atoms with van der Waals surface area (Å²) in [6.07, 6.45) is 1.82. The van der Waals surface area contributed by atoms with Crippen LogP contribution in [0.4, 0.5) is 11.5 Å². The van der Waals surface area contributed by atoms with Gasteiger partial charge in [0.25, 0.3) is 5.91 Å². The monoisotopic (exact) mass is 491 g/mol. The number of carbonyl (C=O) groups is 2. The summed E-state index contributed by atoms with van der Waals surface area (Å²) in [6, 6.07) is 13.9. The molecule has 0 radical (unpaired) electrons. The number of halogens is 3. The zero-order valence-corrected chi connectivity index (χ0v) is 19.5. The van der Waals surface area contributed by atoms with E-state index < -0.39 is 5.91 Å². The molecular formula is C22H20Cl3N5O2. The first kappa shape index (κ1) is 25.1. The van der Waals surface area contributed by atoms with Crippen LogP contribution in [0.5, 0.6) is 0 Å². The molecule has 10 heteroatoms. The van der Waals surface area contributed by atoms with Crippen molar-refractivity contribution in [3.05, 3.63) is 86.5 Å². The van der Waals surface area contributed by atoms with E-state index >= 15 is 0 Å². The summed E-state index contributed by atoms with van der Waals surface area (Å²) in [7, 11) is 1.69. The molecule has 0 aliphatic heterocycles. The fraction of sp³-hybridized carbons (Fsp3) is 0.0909. The number of benzene rings is 2. The van der Waals surface area contributed by atoms with Crippen LogP contribution in [0.2, 0.25) is 15.1 Å². The van der Waals surface area contributed by atoms with Crippen LogP contribution in [0.3, 0.4) is 0 Å². The number of rotatable bonds is 5. The van der Waals surface area contributed by atoms with Gasteiger partial charge >= 0.3 is 0 Å². The summed E-state index contributed by atoms with van der Waals surface area (Å²) in [6.45, 7) is 2.04. The molecule has 0 saturated carbocycles. The molecule has 166 valence electrons. The average Bonchev–Trinajstić information content (AvgIpc) is 2.77. The number of aryl methyl sites for hydroxylation is 1. The van der Waals surface area contributed by atoms with E-state index in [4.69, 9.17) is 40.5 Å². The van der Waals surface area contributed by atoms with Gasteiger partial charge in [-0.1, -0.05) is 64.6 Å². The molecule has 1 aromatic heterocycles. The van der Waals surface area contributed by atoms with Gasteiger partial charge in [-0.2, -0.15) is 0 Å². The Morgan fingerprint density at radius 1 is 1.06 bits per heavy atom. The van der Waals surface area contributed by atoms with Crippen molar-refractivity contribution in [1.82, 2.24) is 4.98 Å². The summed E-state index contributed by atoms with van der Waals surface area (Å²) in [5, 5.41) is 5.80. The summed E-state index contributed by atoms with van der Waals surface area (Å²) >= 11 is 17.6. The second-order valence-electron chi connectivity index (χ2n) is 6.36. The van der Waals surface area contributed by atoms with Gasteiger partial charge < -0.3 is 16.4 Å². The van der Waals surface area contributed by atoms with E-state index in [0.29, 0.717) is 23.1 Å². The van der Waals surface area contributed by atoms with E-state index in [0.717, 1.165) is 5.56 Å². The Kier molecular flexibility index (Phi) is 9.46. The first-order chi connectivity index (χ1) is 15.2. The predicted molar refractivity (Wildman–Crippen MR) is 131 cm³/mol. The lowest BCUT2D eigenvalue weighted by molar-refractivity contribution is -0.105. The van der Waals surface area contributed by atoms with Gasteiger partial charge in [-0.15, -0.1) is 0 Å². The van der Waals surface area contributed by atoms with Crippen molar-refractivity contribution < 1.29 is 9.59 Å². The number of hydrogen-bond donors (Lipinski definition) is 3. The van der Waals surface area contributed by atoms with Gasteiger partial charge in [0.2, 0.25) is 6.41 Å². The number of aromatic nitrogens is 1. The highest BCUT2D eigenvalue weighted by Gasteiger charge is 2.16. The third kappa shape index (κ3) is 7.23. The standard InChI is InChI=1S/C13H8Cl3N3O2.C9H12N2/c14-7-1-2-11(17-5-7)19-13(21)9-3-8(15)4-10(16)12(9)18-6-20;1-7-3-5-8(6-4-7)9(10)11-2/h1-6H,(H,18,20)(H,17,19,21);3-6H,1-2H3,(H2,10,11). The fourth-order valence-corrected chi connectivity index (χ4v) is 3.10. The van der Waals surface area contributed by atoms with Crippen molar-refractivity contribution in [3.63, 3.8) is 0 Å². The molecule has 0 fully saturated rings. The summed E-state index contributed by atoms with van der Waals surface area (Å²) in [5.74, 6) is 0.376. The van der Waals surface area contributed by atoms with E-state index in [2.05, 4.69) is 20.6 Å². The Labute approximate surface area is 200 Å². The lowest BCUT2D eigenvalue weighted by Gasteiger charge is -2.11. The summed E-state index contributed by atoms with van der Waals surface area (Å²) in [5.41, 5.74) is 8.10. The molecule has 2 amide bonds. The van der Waals surface area contributed by atoms with Crippen LogP contribution in [0.15, 0.2) is 59.7 Å². The van der Waals surface area contributed by atoms with Crippen LogP contribution in [-0.2, 0) is 4.79 Å². The second-order valence-corrected chi connectivity index (χ2v) is 7.64. The Morgan fingerprint density at radius 2 is 1.75 bits per heavy atom. The summed E-state index contributed by atoms with van der Waals surface area (Å²) in [4.78, 5) is 30.7. The molecule has 7 nitrogen and oxygen atoms in total. The van der Waals surface area contributed by atoms with Gasteiger partial charge in [0.15, 0.2) is 0 Å². The molecule has 0 aliphatic carbocycles. The first-order valence-electron chi connectivity index (χ1n) is 9.16. The third-order valence-corrected chi connectivity index (χ3v) is 4.80. The molecule has 0 atom stereocenters. The quantitative estimate of drug-likeness (QED) is 0.258. The number of nitrogens with one attached hydrogen (secondary N) is 2. The van der Waals surface area contributed by atoms with Crippen LogP contribution in [-0.4, -0.2) is 30.2 Å². The number of amides is 2. The molecule has 0 bridgehead atoms. The van der Waals surface area contributed by atoms with Crippen LogP contribution in [0.1, 0.15) is 21.5 Å². The Hall–Kier alpha value is -3.13. The minimum atomic E-state index is -0.515. The SMILES string of the molecule is CN=C(N)c1ccc(C)cc1.O=CNc1c(Cl)cc(Cl)cc1C(=O)Nc1ccc(Cl)cn1. The topological polar surface area (TPSA) is 109 Å². The molecule has 0 spiro atoms. The van der Waals surface area contributed by atoms with Gasteiger partial charge in [0.1, 0.15) is 11.7 Å². The first-order valence-corrected chi connectivity index (χ1v) is 10.3. The van der Waals surface area contributed by atoms with Gasteiger partial charge in [-0.3, -0.25) is 14.6 Å². The Morgan fingerprint density at radius 3 is 2.31 bits per heavy atom. The molecule has 2 aromatic carbocycles. The molecule has 32 heavy (non-hydrogen) atoms. The number of anilines is 2. The van der Waals surface area contributed by atoms with E-state index in [1.54, 1.807) is 19.2 Å². The normalized spacial score (nSPS) is 10.6. The highest BCUT2D eigenvalue weighted by molar-refractivity contribution is 6.38. The highest BCUT2D eigenvalue weighted by Crippen LogP contribution is 2.30. The predicted octanol–water partition coefficient (Wildman–Crippen LogP) is 5.19. The molecule has 4 N–H and O–H groups in total. The number of amidine groups is 1. The van der Waals surface area contributed by atoms with Crippen molar-refractivity contribution in [2.75, 3.05) is 17.7 Å². The lowest BCUT2D eigenvalue weighted by Crippen LogP contribution is -2.15. The minimum absolute atomic E-state index is 0.122. The maximum atomic E-state index is 12.2. The van der Waals surface area contributed by atoms with Crippen LogP contribution >= 0.6 is 34.8 Å². The zero-order valence-electron chi connectivity index (χ0n) is 17.2. The van der Waals surface area contributed by atoms with Crippen molar-refractivity contribution in [2.24, 2.45) is 10.7 Å². The molecule has 1 heterocycles. The number of nitrogens with two attached hydrogens (primary N) is 1. The van der Waals surface area contributed by atoms with Crippen molar-refractivity contribution in [1.29, 1.82) is 0 Å². The number of carbonyl (C=O) groups excluding carboxylic acids is 2. The molecule has 0 aliphatic rings. The van der Waals surface area contributed by atoms with Gasteiger partial charge in [-0.25, -0.2) is 4.98 Å². The molecule has 3 rings (SSSR count). The van der Waals surface area contributed by atoms with Gasteiger partial charge in [-0.05, 0) is 31.2 Å². The fourth-order valence-electron chi connectivity index (χ4n) is 2.45. The van der Waals surface area contributed by atoms with Crippen LogP contribution < -0.4 is 16.4 Å². The number of hydrogen-bond acceptors (Lipinski definition) is 4. The molecule has 0 saturated heterocycles. The van der Waals surface area contributed by atoms with Gasteiger partial charge in [0.05, 0.1) is 21.3 Å². The van der Waals surface area contributed by atoms with Crippen molar-refractivity contribution in [2.45, 2.75) is 6.92 Å². The van der Waals surface area contributed by atoms with Crippen LogP contribution in [0.25, 0.3) is 0 Å². The molecule has 0 unspecified atom stereocenters. The number of aliphatic imine (C=N–C) groups is 1. The van der Waals surface area contributed by atoms with Crippen molar-refractivity contribution in [3.8, 4) is 0 Å². The van der Waals surface area contributed by atoms with E-state index in [-0.39, 0.29) is 21.3 Å². The number of pyridine rings is 1. The van der Waals surface area contributed by atoms with Crippen molar-refractivity contribution >= 4 is 64.5 Å². The highest BCUT2D eigenvalue weighted by atomic mass is 35.5. The van der Waals surface area contributed by atoms with E-state index in [1.807, 2.05) is 31.2 Å². The lowest BCUT2D eigenvalue weighted by atomic mass is 10.1. The Bertz CT molecular complexity index is 1120. The minimum Gasteiger partial charge on any atom is -0.384 e. The molecular weight excluding hydrogens is 473 g/mol. The third-order valence-electron chi connectivity index (χ3n) is 4.06. The second kappa shape index (κ2) is 12.0. The van der Waals surface area contributed by atoms with Crippen LogP contribution in [0, 0.1) is 6.92 Å². The van der Waals surface area contributed by atoms with Gasteiger partial charge in [0, 0.05) is 23.8 Å². The van der Waals surface area contributed by atoms with E-state index in [9.17, 15) is 9.59 Å². The molecule has 3 aromatic rings. The Balaban J connectivity index is 0.000000278. The summed E-state index contributed by atoms with van der Waals surface area (Å²) < 4.78 is 0. The van der Waals surface area contributed by atoms with E-state index in [1.165, 1.54) is 23.9 Å². The number of nitrogens with zero attached hydrogens (tertiary/aromatic N) is 2. The smallest absolute Gasteiger partial charge is 0.259 e. The maximum Gasteiger partial charge on any atom is 0.259 e. The average molecular weight is 493 g/mol. The zero-order chi connectivity index (χ0) is 23.7. The largest absolute Gasteiger partial charge is 0.384 e.